The van der Waals surface area contributed by atoms with Crippen molar-refractivity contribution in [2.45, 2.75) is 77.7 Å². The maximum absolute atomic E-state index is 12.4. The number of nitrogens with zero attached hydrogens (tertiary/aromatic N) is 3. The fourth-order valence-corrected chi connectivity index (χ4v) is 4.07. The second-order valence-electron chi connectivity index (χ2n) is 8.32. The van der Waals surface area contributed by atoms with Crippen molar-refractivity contribution in [3.8, 4) is 5.88 Å². The summed E-state index contributed by atoms with van der Waals surface area (Å²) in [5.74, 6) is 0.142. The molecule has 8 nitrogen and oxygen atoms in total. The number of hydrogen-bond acceptors (Lipinski definition) is 7. The van der Waals surface area contributed by atoms with Gasteiger partial charge in [-0.15, -0.1) is 4.37 Å². The lowest BCUT2D eigenvalue weighted by Crippen LogP contribution is -2.71. The van der Waals surface area contributed by atoms with Crippen molar-refractivity contribution in [1.29, 1.82) is 0 Å². The third kappa shape index (κ3) is 6.47. The number of carbonyl (C=O) groups is 1. The molecule has 170 valence electrons. The van der Waals surface area contributed by atoms with Gasteiger partial charge in [-0.2, -0.15) is 4.37 Å². The van der Waals surface area contributed by atoms with Gasteiger partial charge in [0.15, 0.2) is 0 Å². The van der Waals surface area contributed by atoms with Crippen LogP contribution in [0.3, 0.4) is 0 Å². The van der Waals surface area contributed by atoms with Gasteiger partial charge < -0.3 is 20.3 Å². The highest BCUT2D eigenvalue weighted by molar-refractivity contribution is 6.99. The van der Waals surface area contributed by atoms with E-state index >= 15 is 0 Å². The lowest BCUT2D eigenvalue weighted by molar-refractivity contribution is -0.944. The Morgan fingerprint density at radius 1 is 1.33 bits per heavy atom. The Labute approximate surface area is 184 Å². The van der Waals surface area contributed by atoms with E-state index in [-0.39, 0.29) is 6.23 Å². The average Bonchev–Trinajstić information content (AvgIpc) is 3.21. The van der Waals surface area contributed by atoms with Crippen LogP contribution in [0, 0.1) is 0 Å². The highest BCUT2D eigenvalue weighted by Crippen LogP contribution is 2.31. The molecular weight excluding hydrogens is 404 g/mol. The van der Waals surface area contributed by atoms with Crippen molar-refractivity contribution in [1.82, 2.24) is 8.75 Å². The predicted octanol–water partition coefficient (Wildman–Crippen LogP) is 2.00. The van der Waals surface area contributed by atoms with Crippen LogP contribution in [0.1, 0.15) is 65.0 Å². The molecule has 1 aromatic heterocycles. The number of aromatic nitrogens is 2. The number of aliphatic hydroxyl groups excluding tert-OH is 1. The third-order valence-corrected chi connectivity index (χ3v) is 6.42. The highest BCUT2D eigenvalue weighted by atomic mass is 32.1. The van der Waals surface area contributed by atoms with E-state index < -0.39 is 18.1 Å². The van der Waals surface area contributed by atoms with E-state index in [1.54, 1.807) is 0 Å². The number of aliphatic hydroxyl groups is 1. The molecule has 30 heavy (non-hydrogen) atoms. The first-order chi connectivity index (χ1) is 14.3. The molecule has 0 fully saturated rings. The van der Waals surface area contributed by atoms with E-state index in [0.29, 0.717) is 29.9 Å². The Balaban J connectivity index is 2.00. The van der Waals surface area contributed by atoms with Gasteiger partial charge in [-0.25, -0.2) is 4.79 Å². The topological polar surface area (TPSA) is 109 Å². The number of ether oxygens (including phenoxy) is 2. The van der Waals surface area contributed by atoms with Crippen LogP contribution in [-0.2, 0) is 9.53 Å². The van der Waals surface area contributed by atoms with Gasteiger partial charge in [0.2, 0.25) is 12.3 Å². The summed E-state index contributed by atoms with van der Waals surface area (Å²) >= 11 is 1.16. The Morgan fingerprint density at radius 2 is 2.10 bits per heavy atom. The fraction of sp³-hybridized carbons (Fsp3) is 0.762. The van der Waals surface area contributed by atoms with Gasteiger partial charge in [-0.1, -0.05) is 39.2 Å². The largest absolute Gasteiger partial charge is 0.475 e. The quantitative estimate of drug-likeness (QED) is 0.291. The van der Waals surface area contributed by atoms with E-state index in [2.05, 4.69) is 34.5 Å². The molecule has 0 saturated heterocycles. The normalized spacial score (nSPS) is 22.1. The molecule has 2 heterocycles. The molecule has 0 amide bonds. The Bertz CT molecular complexity index is 711. The summed E-state index contributed by atoms with van der Waals surface area (Å²) in [7, 11) is 2.07. The zero-order valence-corrected chi connectivity index (χ0v) is 19.6. The van der Waals surface area contributed by atoms with Crippen molar-refractivity contribution in [2.24, 2.45) is 0 Å². The first-order valence-electron chi connectivity index (χ1n) is 11.0. The summed E-state index contributed by atoms with van der Waals surface area (Å²) < 4.78 is 21.0. The molecule has 1 aliphatic rings. The minimum atomic E-state index is -0.787. The molecule has 1 unspecified atom stereocenters. The summed E-state index contributed by atoms with van der Waals surface area (Å²) in [5.41, 5.74) is 5.64. The Morgan fingerprint density at radius 3 is 2.80 bits per heavy atom. The summed E-state index contributed by atoms with van der Waals surface area (Å²) in [6.45, 7) is 8.08. The van der Waals surface area contributed by atoms with Crippen molar-refractivity contribution >= 4 is 23.3 Å². The fourth-order valence-electron chi connectivity index (χ4n) is 3.54. The third-order valence-electron chi connectivity index (χ3n) is 5.91. The molecule has 2 rings (SSSR count). The maximum Gasteiger partial charge on any atom is 0.372 e. The SMILES string of the molecule is CCCCCCOc1nsnc1C1=CCC[N+](C)([C@H](C)OC(=O)[C@@H]([NH3+])[C@H](O)CC)C1. The lowest BCUT2D eigenvalue weighted by Gasteiger charge is -2.41. The van der Waals surface area contributed by atoms with Gasteiger partial charge in [0, 0.05) is 18.9 Å². The number of unbranched alkanes of at least 4 members (excludes halogenated alkanes) is 3. The molecular formula is C21H38N4O4S+2. The minimum Gasteiger partial charge on any atom is -0.475 e. The molecule has 9 heteroatoms. The number of carbonyl (C=O) groups excluding carboxylic acids is 1. The highest BCUT2D eigenvalue weighted by Gasteiger charge is 2.38. The van der Waals surface area contributed by atoms with Crippen molar-refractivity contribution in [3.63, 3.8) is 0 Å². The first-order valence-corrected chi connectivity index (χ1v) is 11.8. The van der Waals surface area contributed by atoms with Crippen LogP contribution in [0.5, 0.6) is 5.88 Å². The van der Waals surface area contributed by atoms with Crippen LogP contribution < -0.4 is 10.5 Å². The van der Waals surface area contributed by atoms with Crippen molar-refractivity contribution < 1.29 is 29.6 Å². The molecule has 0 bridgehead atoms. The van der Waals surface area contributed by atoms with Crippen LogP contribution in [0.15, 0.2) is 6.08 Å². The molecule has 0 aromatic carbocycles. The van der Waals surface area contributed by atoms with Crippen LogP contribution >= 0.6 is 11.7 Å². The van der Waals surface area contributed by atoms with Gasteiger partial charge in [0.25, 0.3) is 5.88 Å². The van der Waals surface area contributed by atoms with E-state index in [1.807, 2.05) is 13.8 Å². The molecule has 0 spiro atoms. The van der Waals surface area contributed by atoms with Crippen LogP contribution in [0.4, 0.5) is 0 Å². The smallest absolute Gasteiger partial charge is 0.372 e. The standard InChI is InChI=1S/C21H37N4O4S/c1-5-7-8-9-13-28-20-19(23-30-24-20)16-11-10-12-25(4,14-16)15(3)29-21(27)18(22)17(26)6-2/h11,15,17-18,26H,5-10,12-14,22H2,1-4H3/q+1/p+1/t15-,17+,18-,25?/m0/s1. The number of rotatable bonds is 12. The summed E-state index contributed by atoms with van der Waals surface area (Å²) in [5, 5.41) is 9.89. The molecule has 0 saturated carbocycles. The van der Waals surface area contributed by atoms with Gasteiger partial charge in [-0.05, 0) is 12.8 Å². The van der Waals surface area contributed by atoms with E-state index in [1.165, 1.54) is 12.8 Å². The van der Waals surface area contributed by atoms with Crippen LogP contribution in [-0.4, -0.2) is 69.4 Å². The zero-order chi connectivity index (χ0) is 22.1. The number of esters is 1. The Kier molecular flexibility index (Phi) is 9.67. The summed E-state index contributed by atoms with van der Waals surface area (Å²) in [6, 6.07) is -0.778. The van der Waals surface area contributed by atoms with E-state index in [4.69, 9.17) is 9.47 Å². The molecule has 1 aromatic rings. The summed E-state index contributed by atoms with van der Waals surface area (Å²) in [6.07, 6.45) is 6.94. The van der Waals surface area contributed by atoms with Gasteiger partial charge in [0.1, 0.15) is 18.3 Å². The average molecular weight is 443 g/mol. The summed E-state index contributed by atoms with van der Waals surface area (Å²) in [4.78, 5) is 12.4. The van der Waals surface area contributed by atoms with Crippen LogP contribution in [0.25, 0.3) is 5.57 Å². The molecule has 4 atom stereocenters. The van der Waals surface area contributed by atoms with Gasteiger partial charge in [0.05, 0.1) is 31.9 Å². The maximum atomic E-state index is 12.4. The second-order valence-corrected chi connectivity index (χ2v) is 8.85. The van der Waals surface area contributed by atoms with E-state index in [9.17, 15) is 9.90 Å². The van der Waals surface area contributed by atoms with Crippen LogP contribution in [0.2, 0.25) is 0 Å². The lowest BCUT2D eigenvalue weighted by atomic mass is 10.0. The monoisotopic (exact) mass is 442 g/mol. The molecule has 0 radical (unpaired) electrons. The van der Waals surface area contributed by atoms with Crippen molar-refractivity contribution in [3.05, 3.63) is 11.8 Å². The van der Waals surface area contributed by atoms with E-state index in [0.717, 1.165) is 48.8 Å². The van der Waals surface area contributed by atoms with Gasteiger partial charge in [-0.3, -0.25) is 4.48 Å². The number of quaternary nitrogens is 2. The molecule has 4 N–H and O–H groups in total. The van der Waals surface area contributed by atoms with Gasteiger partial charge >= 0.3 is 5.97 Å². The second kappa shape index (κ2) is 11.7. The Hall–Kier alpha value is -1.55. The number of hydrogen-bond donors (Lipinski definition) is 2. The number of likely N-dealkylation sites (N-methyl/N-ethyl adjacent to an activating group) is 1. The van der Waals surface area contributed by atoms with Crippen molar-refractivity contribution in [2.75, 3.05) is 26.7 Å². The zero-order valence-electron chi connectivity index (χ0n) is 18.8. The first kappa shape index (κ1) is 24.7. The predicted molar refractivity (Wildman–Crippen MR) is 117 cm³/mol. The minimum absolute atomic E-state index is 0.362. The molecule has 0 aliphatic carbocycles. The molecule has 1 aliphatic heterocycles.